The second-order valence-corrected chi connectivity index (χ2v) is 3.00. The second kappa shape index (κ2) is 5.51. The van der Waals surface area contributed by atoms with Crippen molar-refractivity contribution in [1.29, 1.82) is 0 Å². The van der Waals surface area contributed by atoms with Crippen molar-refractivity contribution in [3.63, 3.8) is 0 Å². The Hall–Kier alpha value is -0.206. The van der Waals surface area contributed by atoms with Crippen molar-refractivity contribution >= 4 is 11.5 Å². The van der Waals surface area contributed by atoms with Gasteiger partial charge in [-0.2, -0.15) is 0 Å². The van der Waals surface area contributed by atoms with Crippen LogP contribution in [-0.4, -0.2) is 19.9 Å². The predicted octanol–water partition coefficient (Wildman–Crippen LogP) is 1.95. The average Bonchev–Trinajstić information content (AvgIpc) is 2.04. The van der Waals surface area contributed by atoms with Crippen LogP contribution in [0.15, 0.2) is 24.3 Å². The maximum absolute atomic E-state index is 10.9. The maximum Gasteiger partial charge on any atom is 0.159 e. The van der Waals surface area contributed by atoms with Crippen molar-refractivity contribution in [3.05, 3.63) is 29.8 Å². The molecule has 0 amide bonds. The van der Waals surface area contributed by atoms with E-state index in [4.69, 9.17) is 0 Å². The van der Waals surface area contributed by atoms with Gasteiger partial charge in [0.25, 0.3) is 0 Å². The fraction of sp³-hybridized carbons (Fsp3) is 0.300. The van der Waals surface area contributed by atoms with E-state index in [2.05, 4.69) is 0 Å². The normalized spacial score (nSPS) is 8.85. The van der Waals surface area contributed by atoms with Gasteiger partial charge in [-0.15, -0.1) is 0 Å². The summed E-state index contributed by atoms with van der Waals surface area (Å²) in [4.78, 5) is 12.9. The molecule has 0 heterocycles. The second-order valence-electron chi connectivity index (χ2n) is 3.00. The first-order valence-electron chi connectivity index (χ1n) is 3.89. The molecule has 0 atom stereocenters. The van der Waals surface area contributed by atoms with E-state index in [0.29, 0.717) is 0 Å². The molecular weight excluding hydrogens is 239 g/mol. The molecule has 0 spiro atoms. The molecule has 0 unspecified atom stereocenters. The monoisotopic (exact) mass is 252 g/mol. The third kappa shape index (κ3) is 3.57. The van der Waals surface area contributed by atoms with Gasteiger partial charge < -0.3 is 4.90 Å². The number of ketones is 1. The van der Waals surface area contributed by atoms with Gasteiger partial charge in [-0.1, -0.05) is 0 Å². The van der Waals surface area contributed by atoms with Crippen LogP contribution in [0, 0.1) is 0 Å². The minimum atomic E-state index is 0. The van der Waals surface area contributed by atoms with Crippen LogP contribution in [-0.2, 0) is 32.7 Å². The average molecular weight is 252 g/mol. The van der Waals surface area contributed by atoms with Gasteiger partial charge in [0.15, 0.2) is 5.78 Å². The van der Waals surface area contributed by atoms with Crippen molar-refractivity contribution in [3.8, 4) is 0 Å². The van der Waals surface area contributed by atoms with Gasteiger partial charge in [-0.05, 0) is 31.2 Å². The van der Waals surface area contributed by atoms with Gasteiger partial charge in [0.05, 0.1) is 0 Å². The Morgan fingerprint density at radius 2 is 1.62 bits per heavy atom. The third-order valence-corrected chi connectivity index (χ3v) is 1.79. The van der Waals surface area contributed by atoms with E-state index in [9.17, 15) is 4.79 Å². The molecule has 67 valence electrons. The van der Waals surface area contributed by atoms with Crippen LogP contribution < -0.4 is 4.90 Å². The van der Waals surface area contributed by atoms with E-state index in [1.54, 1.807) is 6.92 Å². The summed E-state index contributed by atoms with van der Waals surface area (Å²) in [5.41, 5.74) is 1.88. The summed E-state index contributed by atoms with van der Waals surface area (Å²) < 4.78 is 0. The number of carbonyl (C=O) groups is 1. The molecule has 0 saturated heterocycles. The number of Topliss-reactive ketones (excluding diaryl/α,β-unsaturated/α-hetero) is 1. The van der Waals surface area contributed by atoms with Crippen molar-refractivity contribution in [2.75, 3.05) is 19.0 Å². The van der Waals surface area contributed by atoms with Crippen LogP contribution in [0.3, 0.4) is 0 Å². The van der Waals surface area contributed by atoms with Crippen LogP contribution in [0.2, 0.25) is 0 Å². The van der Waals surface area contributed by atoms with E-state index < -0.39 is 0 Å². The predicted molar refractivity (Wildman–Crippen MR) is 50.8 cm³/mol. The van der Waals surface area contributed by atoms with Crippen molar-refractivity contribution < 1.29 is 37.5 Å². The minimum Gasteiger partial charge on any atom is -0.378 e. The molecule has 1 aromatic rings. The smallest absolute Gasteiger partial charge is 0.159 e. The zero-order chi connectivity index (χ0) is 9.14. The zero-order valence-corrected chi connectivity index (χ0v) is 11.1. The third-order valence-electron chi connectivity index (χ3n) is 1.79. The molecule has 1 aromatic carbocycles. The number of anilines is 1. The van der Waals surface area contributed by atoms with Gasteiger partial charge in [-0.3, -0.25) is 4.79 Å². The van der Waals surface area contributed by atoms with Gasteiger partial charge in [-0.25, -0.2) is 0 Å². The number of carbonyl (C=O) groups excluding carboxylic acids is 1. The molecule has 0 aliphatic heterocycles. The molecule has 1 radical (unpaired) electrons. The van der Waals surface area contributed by atoms with Crippen LogP contribution in [0.1, 0.15) is 17.3 Å². The van der Waals surface area contributed by atoms with Gasteiger partial charge in [0.2, 0.25) is 0 Å². The molecule has 0 bridgehead atoms. The van der Waals surface area contributed by atoms with E-state index in [-0.39, 0.29) is 38.5 Å². The van der Waals surface area contributed by atoms with E-state index in [1.165, 1.54) is 0 Å². The Morgan fingerprint density at radius 1 is 1.15 bits per heavy atom. The van der Waals surface area contributed by atoms with Crippen LogP contribution in [0.5, 0.6) is 0 Å². The van der Waals surface area contributed by atoms with Gasteiger partial charge in [0.1, 0.15) is 0 Å². The number of nitrogens with zero attached hydrogens (tertiary/aromatic N) is 1. The zero-order valence-electron chi connectivity index (χ0n) is 8.24. The van der Waals surface area contributed by atoms with Crippen LogP contribution in [0.4, 0.5) is 5.69 Å². The summed E-state index contributed by atoms with van der Waals surface area (Å²) >= 11 is 0. The Kier molecular flexibility index (Phi) is 5.42. The quantitative estimate of drug-likeness (QED) is 0.750. The van der Waals surface area contributed by atoms with E-state index >= 15 is 0 Å². The van der Waals surface area contributed by atoms with Crippen LogP contribution in [0.25, 0.3) is 0 Å². The van der Waals surface area contributed by atoms with E-state index in [0.717, 1.165) is 11.3 Å². The molecule has 0 fully saturated rings. The number of hydrogen-bond donors (Lipinski definition) is 0. The summed E-state index contributed by atoms with van der Waals surface area (Å²) in [6.07, 6.45) is 0. The molecule has 0 aliphatic rings. The molecule has 0 aliphatic carbocycles. The van der Waals surface area contributed by atoms with Crippen LogP contribution >= 0.6 is 0 Å². The molecule has 1 rings (SSSR count). The largest absolute Gasteiger partial charge is 0.378 e. The Bertz CT molecular complexity index is 279. The van der Waals surface area contributed by atoms with E-state index in [1.807, 2.05) is 43.3 Å². The fourth-order valence-electron chi connectivity index (χ4n) is 0.994. The number of hydrogen-bond acceptors (Lipinski definition) is 2. The van der Waals surface area contributed by atoms with Gasteiger partial charge >= 0.3 is 0 Å². The molecular formula is C10H13NOY. The summed E-state index contributed by atoms with van der Waals surface area (Å²) in [6.45, 7) is 1.57. The summed E-state index contributed by atoms with van der Waals surface area (Å²) in [5, 5.41) is 0. The summed E-state index contributed by atoms with van der Waals surface area (Å²) in [5.74, 6) is 0.111. The Labute approximate surface area is 104 Å². The van der Waals surface area contributed by atoms with Gasteiger partial charge in [0, 0.05) is 58.1 Å². The van der Waals surface area contributed by atoms with Crippen molar-refractivity contribution in [2.24, 2.45) is 0 Å². The Morgan fingerprint density at radius 3 is 1.92 bits per heavy atom. The first-order chi connectivity index (χ1) is 5.61. The number of rotatable bonds is 2. The topological polar surface area (TPSA) is 20.3 Å². The first kappa shape index (κ1) is 12.8. The summed E-state index contributed by atoms with van der Waals surface area (Å²) in [7, 11) is 3.95. The molecule has 0 N–H and O–H groups in total. The maximum atomic E-state index is 10.9. The Balaban J connectivity index is 0.00000144. The first-order valence-corrected chi connectivity index (χ1v) is 3.89. The molecule has 3 heteroatoms. The molecule has 0 saturated carbocycles. The fourth-order valence-corrected chi connectivity index (χ4v) is 0.994. The summed E-state index contributed by atoms with van der Waals surface area (Å²) in [6, 6.07) is 7.57. The van der Waals surface area contributed by atoms with Crippen molar-refractivity contribution in [2.45, 2.75) is 6.92 Å². The SMILES string of the molecule is CC(=O)c1ccc(N(C)C)cc1.[Y]. The standard InChI is InChI=1S/C10H13NO.Y/c1-8(12)9-4-6-10(7-5-9)11(2)3;/h4-7H,1-3H3;. The minimum absolute atomic E-state index is 0. The number of benzene rings is 1. The molecule has 13 heavy (non-hydrogen) atoms. The molecule has 2 nitrogen and oxygen atoms in total. The van der Waals surface area contributed by atoms with Crippen molar-refractivity contribution in [1.82, 2.24) is 0 Å². The molecule has 0 aromatic heterocycles.